The van der Waals surface area contributed by atoms with Crippen molar-refractivity contribution in [2.45, 2.75) is 19.8 Å². The number of carbonyl (C=O) groups is 1. The number of fused-ring (bicyclic) bond motifs is 1. The van der Waals surface area contributed by atoms with Gasteiger partial charge >= 0.3 is 0 Å². The van der Waals surface area contributed by atoms with Crippen LogP contribution < -0.4 is 5.43 Å². The van der Waals surface area contributed by atoms with Gasteiger partial charge in [0.25, 0.3) is 5.91 Å². The van der Waals surface area contributed by atoms with E-state index in [2.05, 4.69) is 41.7 Å². The lowest BCUT2D eigenvalue weighted by molar-refractivity contribution is 0.0956. The lowest BCUT2D eigenvalue weighted by atomic mass is 10.0. The van der Waals surface area contributed by atoms with Crippen LogP contribution in [0.2, 0.25) is 0 Å². The molecule has 0 saturated heterocycles. The molecule has 0 unspecified atom stereocenters. The van der Waals surface area contributed by atoms with E-state index in [-0.39, 0.29) is 5.91 Å². The van der Waals surface area contributed by atoms with E-state index in [1.54, 1.807) is 18.6 Å². The van der Waals surface area contributed by atoms with Crippen LogP contribution >= 0.6 is 0 Å². The minimum atomic E-state index is -0.285. The lowest BCUT2D eigenvalue weighted by Crippen LogP contribution is -2.18. The molecule has 5 heteroatoms. The van der Waals surface area contributed by atoms with E-state index in [9.17, 15) is 4.79 Å². The maximum Gasteiger partial charge on any atom is 0.272 e. The third-order valence-corrected chi connectivity index (χ3v) is 4.67. The van der Waals surface area contributed by atoms with Crippen LogP contribution in [0.1, 0.15) is 34.8 Å². The van der Waals surface area contributed by atoms with Gasteiger partial charge in [-0.3, -0.25) is 4.79 Å². The molecule has 5 nitrogen and oxygen atoms in total. The van der Waals surface area contributed by atoms with Gasteiger partial charge in [-0.1, -0.05) is 55.8 Å². The van der Waals surface area contributed by atoms with Crippen molar-refractivity contribution in [3.05, 3.63) is 89.9 Å². The summed E-state index contributed by atoms with van der Waals surface area (Å²) in [5, 5.41) is 4.81. The molecule has 0 aliphatic carbocycles. The number of hydrogen-bond donors (Lipinski definition) is 1. The Morgan fingerprint density at radius 2 is 1.97 bits per heavy atom. The Hall–Kier alpha value is -3.73. The molecule has 4 aromatic rings. The van der Waals surface area contributed by atoms with Crippen molar-refractivity contribution >= 4 is 23.0 Å². The van der Waals surface area contributed by atoms with Gasteiger partial charge in [-0.2, -0.15) is 5.10 Å². The Labute approximate surface area is 169 Å². The van der Waals surface area contributed by atoms with Crippen molar-refractivity contribution in [1.29, 1.82) is 0 Å². The van der Waals surface area contributed by atoms with E-state index in [4.69, 9.17) is 9.40 Å². The zero-order valence-electron chi connectivity index (χ0n) is 16.1. The molecular weight excluding hydrogens is 362 g/mol. The molecule has 2 aromatic heterocycles. The van der Waals surface area contributed by atoms with Crippen LogP contribution in [0.3, 0.4) is 0 Å². The van der Waals surface area contributed by atoms with Crippen molar-refractivity contribution in [2.75, 3.05) is 0 Å². The summed E-state index contributed by atoms with van der Waals surface area (Å²) in [6.07, 6.45) is 6.80. The normalized spacial score (nSPS) is 11.2. The molecule has 2 heterocycles. The monoisotopic (exact) mass is 383 g/mol. The van der Waals surface area contributed by atoms with Crippen LogP contribution in [-0.2, 0) is 6.42 Å². The number of nitrogens with one attached hydrogen (secondary N) is 1. The van der Waals surface area contributed by atoms with Crippen LogP contribution in [-0.4, -0.2) is 17.1 Å². The zero-order valence-corrected chi connectivity index (χ0v) is 16.1. The first-order chi connectivity index (χ1) is 14.2. The zero-order chi connectivity index (χ0) is 20.1. The van der Waals surface area contributed by atoms with Gasteiger partial charge in [0.2, 0.25) is 0 Å². The Morgan fingerprint density at radius 1 is 1.14 bits per heavy atom. The second-order valence-electron chi connectivity index (χ2n) is 6.77. The quantitative estimate of drug-likeness (QED) is 0.367. The Balaban J connectivity index is 1.67. The van der Waals surface area contributed by atoms with Gasteiger partial charge < -0.3 is 4.42 Å². The molecule has 0 radical (unpaired) electrons. The lowest BCUT2D eigenvalue weighted by Gasteiger charge is -2.09. The van der Waals surface area contributed by atoms with Crippen LogP contribution in [0.25, 0.3) is 22.2 Å². The third kappa shape index (κ3) is 4.24. The molecule has 4 rings (SSSR count). The summed E-state index contributed by atoms with van der Waals surface area (Å²) in [5.41, 5.74) is 7.71. The summed E-state index contributed by atoms with van der Waals surface area (Å²) in [6, 6.07) is 19.5. The van der Waals surface area contributed by atoms with E-state index in [1.807, 2.05) is 30.3 Å². The van der Waals surface area contributed by atoms with Gasteiger partial charge in [0.15, 0.2) is 0 Å². The van der Waals surface area contributed by atoms with Gasteiger partial charge in [0, 0.05) is 16.5 Å². The number of furan rings is 1. The number of aromatic nitrogens is 1. The van der Waals surface area contributed by atoms with E-state index < -0.39 is 0 Å². The second-order valence-corrected chi connectivity index (χ2v) is 6.77. The standard InChI is InChI=1S/C24H21N3O2/c1-2-5-17-8-10-19(11-9-17)23-14-21(20-6-3-4-7-22(20)26-23)24(28)27-25-15-18-12-13-29-16-18/h3-4,6-16H,2,5H2,1H3,(H,27,28)/b25-15+. The molecule has 0 aliphatic heterocycles. The van der Waals surface area contributed by atoms with Gasteiger partial charge in [-0.05, 0) is 30.2 Å². The highest BCUT2D eigenvalue weighted by Gasteiger charge is 2.13. The van der Waals surface area contributed by atoms with Crippen LogP contribution in [0.15, 0.2) is 82.7 Å². The highest BCUT2D eigenvalue weighted by atomic mass is 16.3. The minimum absolute atomic E-state index is 0.285. The molecular formula is C24H21N3O2. The van der Waals surface area contributed by atoms with Crippen molar-refractivity contribution in [3.63, 3.8) is 0 Å². The van der Waals surface area contributed by atoms with Gasteiger partial charge in [-0.15, -0.1) is 0 Å². The molecule has 1 N–H and O–H groups in total. The molecule has 29 heavy (non-hydrogen) atoms. The average molecular weight is 383 g/mol. The van der Waals surface area contributed by atoms with Crippen molar-refractivity contribution in [3.8, 4) is 11.3 Å². The van der Waals surface area contributed by atoms with Gasteiger partial charge in [-0.25, -0.2) is 10.4 Å². The van der Waals surface area contributed by atoms with Crippen molar-refractivity contribution in [2.24, 2.45) is 5.10 Å². The van der Waals surface area contributed by atoms with Gasteiger partial charge in [0.1, 0.15) is 0 Å². The highest BCUT2D eigenvalue weighted by Crippen LogP contribution is 2.25. The first kappa shape index (κ1) is 18.6. The number of pyridine rings is 1. The molecule has 0 spiro atoms. The van der Waals surface area contributed by atoms with Crippen LogP contribution in [0, 0.1) is 0 Å². The summed E-state index contributed by atoms with van der Waals surface area (Å²) in [4.78, 5) is 17.6. The number of carbonyl (C=O) groups excluding carboxylic acids is 1. The Bertz CT molecular complexity index is 1150. The van der Waals surface area contributed by atoms with Gasteiger partial charge in [0.05, 0.1) is 35.5 Å². The van der Waals surface area contributed by atoms with Crippen LogP contribution in [0.5, 0.6) is 0 Å². The molecule has 0 bridgehead atoms. The topological polar surface area (TPSA) is 67.5 Å². The summed E-state index contributed by atoms with van der Waals surface area (Å²) < 4.78 is 4.99. The minimum Gasteiger partial charge on any atom is -0.472 e. The fourth-order valence-electron chi connectivity index (χ4n) is 3.22. The fourth-order valence-corrected chi connectivity index (χ4v) is 3.22. The number of benzene rings is 2. The first-order valence-corrected chi connectivity index (χ1v) is 9.59. The summed E-state index contributed by atoms with van der Waals surface area (Å²) >= 11 is 0. The highest BCUT2D eigenvalue weighted by molar-refractivity contribution is 6.07. The number of aryl methyl sites for hydroxylation is 1. The number of amides is 1. The summed E-state index contributed by atoms with van der Waals surface area (Å²) in [5.74, 6) is -0.285. The molecule has 0 atom stereocenters. The van der Waals surface area contributed by atoms with Crippen LogP contribution in [0.4, 0.5) is 0 Å². The van der Waals surface area contributed by atoms with E-state index in [1.165, 1.54) is 11.8 Å². The van der Waals surface area contributed by atoms with Crippen molar-refractivity contribution < 1.29 is 9.21 Å². The van der Waals surface area contributed by atoms with Crippen molar-refractivity contribution in [1.82, 2.24) is 10.4 Å². The number of hydrazone groups is 1. The number of hydrogen-bond acceptors (Lipinski definition) is 4. The maximum atomic E-state index is 12.8. The predicted molar refractivity (Wildman–Crippen MR) is 115 cm³/mol. The molecule has 2 aromatic carbocycles. The largest absolute Gasteiger partial charge is 0.472 e. The number of rotatable bonds is 6. The molecule has 144 valence electrons. The maximum absolute atomic E-state index is 12.8. The average Bonchev–Trinajstić information content (AvgIpc) is 3.27. The molecule has 0 fully saturated rings. The molecule has 0 aliphatic rings. The molecule has 0 saturated carbocycles. The predicted octanol–water partition coefficient (Wildman–Crippen LogP) is 5.21. The van der Waals surface area contributed by atoms with E-state index >= 15 is 0 Å². The Kier molecular flexibility index (Phi) is 5.47. The smallest absolute Gasteiger partial charge is 0.272 e. The second kappa shape index (κ2) is 8.52. The van der Waals surface area contributed by atoms with E-state index in [0.29, 0.717) is 5.56 Å². The summed E-state index contributed by atoms with van der Waals surface area (Å²) in [7, 11) is 0. The number of para-hydroxylation sites is 1. The first-order valence-electron chi connectivity index (χ1n) is 9.59. The van der Waals surface area contributed by atoms with E-state index in [0.717, 1.165) is 40.6 Å². The molecule has 1 amide bonds. The third-order valence-electron chi connectivity index (χ3n) is 4.67. The Morgan fingerprint density at radius 3 is 2.72 bits per heavy atom. The SMILES string of the molecule is CCCc1ccc(-c2cc(C(=O)N/N=C/c3ccoc3)c3ccccc3n2)cc1. The number of nitrogens with zero attached hydrogens (tertiary/aromatic N) is 2. The summed E-state index contributed by atoms with van der Waals surface area (Å²) in [6.45, 7) is 2.17. The fraction of sp³-hybridized carbons (Fsp3) is 0.125.